The van der Waals surface area contributed by atoms with Gasteiger partial charge in [-0.05, 0) is 55.3 Å². The normalized spacial score (nSPS) is 10.4. The number of hydrogen-bond acceptors (Lipinski definition) is 2. The average molecular weight is 354 g/mol. The Morgan fingerprint density at radius 2 is 1.80 bits per heavy atom. The van der Waals surface area contributed by atoms with Crippen molar-refractivity contribution < 1.29 is 9.18 Å². The largest absolute Gasteiger partial charge is 0.322 e. The van der Waals surface area contributed by atoms with Crippen LogP contribution >= 0.6 is 28.6 Å². The molecule has 0 aromatic heterocycles. The fourth-order valence-corrected chi connectivity index (χ4v) is 2.32. The van der Waals surface area contributed by atoms with Gasteiger partial charge in [0.2, 0.25) is 0 Å². The zero-order valence-electron chi connectivity index (χ0n) is 11.0. The van der Waals surface area contributed by atoms with E-state index in [0.29, 0.717) is 11.3 Å². The minimum atomic E-state index is -0.444. The summed E-state index contributed by atoms with van der Waals surface area (Å²) in [4.78, 5) is 12.3. The third-order valence-corrected chi connectivity index (χ3v) is 4.50. The Hall–Kier alpha value is -1.33. The Morgan fingerprint density at radius 3 is 2.35 bits per heavy atom. The van der Waals surface area contributed by atoms with E-state index in [1.54, 1.807) is 0 Å². The van der Waals surface area contributed by atoms with Gasteiger partial charge in [0, 0.05) is 20.6 Å². The number of nitrogens with one attached hydrogen (secondary N) is 1. The molecule has 0 heterocycles. The summed E-state index contributed by atoms with van der Waals surface area (Å²) in [6, 6.07) is 7.82. The van der Waals surface area contributed by atoms with Gasteiger partial charge >= 0.3 is 0 Å². The van der Waals surface area contributed by atoms with Gasteiger partial charge in [-0.3, -0.25) is 4.79 Å². The Morgan fingerprint density at radius 1 is 1.20 bits per heavy atom. The van der Waals surface area contributed by atoms with Crippen LogP contribution in [0.25, 0.3) is 0 Å². The van der Waals surface area contributed by atoms with Gasteiger partial charge in [-0.15, -0.1) is 12.6 Å². The number of hydrogen-bond donors (Lipinski definition) is 2. The molecule has 2 aromatic rings. The number of benzene rings is 2. The van der Waals surface area contributed by atoms with E-state index in [1.165, 1.54) is 18.2 Å². The lowest BCUT2D eigenvalue weighted by Crippen LogP contribution is -2.12. The van der Waals surface area contributed by atoms with E-state index in [2.05, 4.69) is 33.9 Å². The predicted octanol–water partition coefficient (Wildman–Crippen LogP) is 4.75. The van der Waals surface area contributed by atoms with Crippen LogP contribution in [-0.4, -0.2) is 5.91 Å². The smallest absolute Gasteiger partial charge is 0.255 e. The third-order valence-electron chi connectivity index (χ3n) is 2.90. The van der Waals surface area contributed by atoms with Crippen molar-refractivity contribution in [1.29, 1.82) is 0 Å². The second-order valence-electron chi connectivity index (χ2n) is 4.54. The summed E-state index contributed by atoms with van der Waals surface area (Å²) in [7, 11) is 0. The molecule has 0 aliphatic heterocycles. The molecule has 1 amide bonds. The van der Waals surface area contributed by atoms with Crippen LogP contribution in [0.4, 0.5) is 10.1 Å². The van der Waals surface area contributed by atoms with Gasteiger partial charge < -0.3 is 5.32 Å². The van der Waals surface area contributed by atoms with Crippen LogP contribution in [0.2, 0.25) is 0 Å². The van der Waals surface area contributed by atoms with Gasteiger partial charge in [0.15, 0.2) is 0 Å². The number of amides is 1. The van der Waals surface area contributed by atoms with E-state index in [1.807, 2.05) is 26.0 Å². The lowest BCUT2D eigenvalue weighted by molar-refractivity contribution is 0.102. The van der Waals surface area contributed by atoms with Crippen LogP contribution < -0.4 is 5.32 Å². The molecule has 0 aliphatic carbocycles. The maximum atomic E-state index is 13.1. The molecule has 20 heavy (non-hydrogen) atoms. The lowest BCUT2D eigenvalue weighted by Gasteiger charge is -2.10. The van der Waals surface area contributed by atoms with Crippen molar-refractivity contribution in [3.8, 4) is 0 Å². The molecule has 0 spiro atoms. The summed E-state index contributed by atoms with van der Waals surface area (Å²) in [5, 5.41) is 2.80. The Balaban J connectivity index is 2.25. The lowest BCUT2D eigenvalue weighted by atomic mass is 10.1. The first-order valence-corrected chi connectivity index (χ1v) is 7.19. The summed E-state index contributed by atoms with van der Waals surface area (Å²) < 4.78 is 14.1. The number of aryl methyl sites for hydroxylation is 2. The molecule has 0 bridgehead atoms. The topological polar surface area (TPSA) is 29.1 Å². The summed E-state index contributed by atoms with van der Waals surface area (Å²) in [6.07, 6.45) is 0. The molecule has 0 aliphatic rings. The molecule has 0 saturated carbocycles. The number of anilines is 1. The third kappa shape index (κ3) is 3.22. The van der Waals surface area contributed by atoms with Crippen LogP contribution in [0.1, 0.15) is 21.5 Å². The molecule has 1 N–H and O–H groups in total. The summed E-state index contributed by atoms with van der Waals surface area (Å²) in [6.45, 7) is 3.91. The number of halogens is 2. The highest BCUT2D eigenvalue weighted by atomic mass is 79.9. The molecule has 2 aromatic carbocycles. The zero-order chi connectivity index (χ0) is 14.9. The van der Waals surface area contributed by atoms with Gasteiger partial charge in [0.25, 0.3) is 5.91 Å². The van der Waals surface area contributed by atoms with E-state index in [0.717, 1.165) is 15.6 Å². The van der Waals surface area contributed by atoms with E-state index >= 15 is 0 Å². The van der Waals surface area contributed by atoms with E-state index < -0.39 is 5.82 Å². The molecule has 2 rings (SSSR count). The van der Waals surface area contributed by atoms with Crippen LogP contribution in [0.15, 0.2) is 39.7 Å². The van der Waals surface area contributed by atoms with Crippen LogP contribution in [0.3, 0.4) is 0 Å². The zero-order valence-corrected chi connectivity index (χ0v) is 13.5. The van der Waals surface area contributed by atoms with Crippen molar-refractivity contribution in [1.82, 2.24) is 0 Å². The molecule has 0 saturated heterocycles. The second kappa shape index (κ2) is 5.97. The van der Waals surface area contributed by atoms with Crippen LogP contribution in [0, 0.1) is 19.7 Å². The minimum absolute atomic E-state index is 0.154. The monoisotopic (exact) mass is 353 g/mol. The first kappa shape index (κ1) is 15.1. The molecule has 0 fully saturated rings. The maximum Gasteiger partial charge on any atom is 0.255 e. The second-order valence-corrected chi connectivity index (χ2v) is 5.82. The summed E-state index contributed by atoms with van der Waals surface area (Å²) in [5.74, 6) is -0.735. The van der Waals surface area contributed by atoms with Gasteiger partial charge in [-0.25, -0.2) is 4.39 Å². The number of thiol groups is 1. The fraction of sp³-hybridized carbons (Fsp3) is 0.133. The summed E-state index contributed by atoms with van der Waals surface area (Å²) >= 11 is 7.45. The SMILES string of the molecule is Cc1cc(NC(=O)c2ccc(F)c(S)c2)cc(C)c1Br. The number of carbonyl (C=O) groups is 1. The number of carbonyl (C=O) groups excluding carboxylic acids is 1. The Kier molecular flexibility index (Phi) is 4.50. The molecule has 0 atom stereocenters. The minimum Gasteiger partial charge on any atom is -0.322 e. The number of rotatable bonds is 2. The van der Waals surface area contributed by atoms with Crippen molar-refractivity contribution >= 4 is 40.2 Å². The van der Waals surface area contributed by atoms with Crippen molar-refractivity contribution in [2.45, 2.75) is 18.7 Å². The molecule has 5 heteroatoms. The first-order valence-electron chi connectivity index (χ1n) is 5.95. The van der Waals surface area contributed by atoms with Crippen molar-refractivity contribution in [2.24, 2.45) is 0 Å². The highest BCUT2D eigenvalue weighted by Gasteiger charge is 2.10. The van der Waals surface area contributed by atoms with Gasteiger partial charge in [-0.1, -0.05) is 15.9 Å². The highest BCUT2D eigenvalue weighted by molar-refractivity contribution is 9.10. The Labute approximate surface area is 130 Å². The van der Waals surface area contributed by atoms with Crippen molar-refractivity contribution in [3.63, 3.8) is 0 Å². The predicted molar refractivity (Wildman–Crippen MR) is 85.2 cm³/mol. The van der Waals surface area contributed by atoms with Crippen LogP contribution in [-0.2, 0) is 0 Å². The molecular formula is C15H13BrFNOS. The van der Waals surface area contributed by atoms with Gasteiger partial charge in [0.1, 0.15) is 5.82 Å². The summed E-state index contributed by atoms with van der Waals surface area (Å²) in [5.41, 5.74) is 3.15. The van der Waals surface area contributed by atoms with E-state index in [-0.39, 0.29) is 10.8 Å². The van der Waals surface area contributed by atoms with Crippen LogP contribution in [0.5, 0.6) is 0 Å². The van der Waals surface area contributed by atoms with Crippen molar-refractivity contribution in [3.05, 3.63) is 57.3 Å². The molecule has 0 radical (unpaired) electrons. The average Bonchev–Trinajstić information content (AvgIpc) is 2.39. The molecule has 0 unspecified atom stereocenters. The van der Waals surface area contributed by atoms with E-state index in [9.17, 15) is 9.18 Å². The van der Waals surface area contributed by atoms with Gasteiger partial charge in [-0.2, -0.15) is 0 Å². The quantitative estimate of drug-likeness (QED) is 0.749. The Bertz CT molecular complexity index is 665. The fourth-order valence-electron chi connectivity index (χ4n) is 1.88. The maximum absolute atomic E-state index is 13.1. The molecular weight excluding hydrogens is 341 g/mol. The first-order chi connectivity index (χ1) is 9.38. The van der Waals surface area contributed by atoms with E-state index in [4.69, 9.17) is 0 Å². The highest BCUT2D eigenvalue weighted by Crippen LogP contribution is 2.25. The molecule has 2 nitrogen and oxygen atoms in total. The molecule has 104 valence electrons. The standard InChI is InChI=1S/C15H13BrFNOS/c1-8-5-11(6-9(2)14(8)16)18-15(19)10-3-4-12(17)13(20)7-10/h3-7,20H,1-2H3,(H,18,19). The van der Waals surface area contributed by atoms with Crippen molar-refractivity contribution in [2.75, 3.05) is 5.32 Å². The van der Waals surface area contributed by atoms with Gasteiger partial charge in [0.05, 0.1) is 0 Å².